The first-order valence-electron chi connectivity index (χ1n) is 5.42. The molecule has 1 heterocycles. The lowest BCUT2D eigenvalue weighted by molar-refractivity contribution is 0.0590. The number of benzene rings is 1. The second-order valence-corrected chi connectivity index (χ2v) is 3.85. The molecule has 0 amide bonds. The molecule has 5 heteroatoms. The van der Waals surface area contributed by atoms with Crippen LogP contribution in [0.1, 0.15) is 10.5 Å². The van der Waals surface area contributed by atoms with E-state index in [4.69, 9.17) is 14.2 Å². The summed E-state index contributed by atoms with van der Waals surface area (Å²) < 4.78 is 17.0. The smallest absolute Gasteiger partial charge is 0.354 e. The van der Waals surface area contributed by atoms with Crippen molar-refractivity contribution < 1.29 is 19.0 Å². The highest BCUT2D eigenvalue weighted by Crippen LogP contribution is 2.33. The van der Waals surface area contributed by atoms with Crippen molar-refractivity contribution in [2.24, 2.45) is 7.05 Å². The SMILES string of the molecule is COC(=O)c1cc2cc(OC)cc(OC)c2n1C. The first kappa shape index (κ1) is 12.3. The third kappa shape index (κ3) is 1.77. The summed E-state index contributed by atoms with van der Waals surface area (Å²) in [7, 11) is 6.32. The Morgan fingerprint density at radius 3 is 2.39 bits per heavy atom. The van der Waals surface area contributed by atoms with Gasteiger partial charge in [0.05, 0.1) is 26.8 Å². The number of esters is 1. The minimum absolute atomic E-state index is 0.380. The normalized spacial score (nSPS) is 10.4. The van der Waals surface area contributed by atoms with Crippen LogP contribution in [0.3, 0.4) is 0 Å². The fourth-order valence-corrected chi connectivity index (χ4v) is 2.01. The van der Waals surface area contributed by atoms with Crippen LogP contribution in [0.2, 0.25) is 0 Å². The lowest BCUT2D eigenvalue weighted by Gasteiger charge is -2.08. The molecular formula is C13H15NO4. The number of hydrogen-bond acceptors (Lipinski definition) is 4. The molecule has 0 aliphatic carbocycles. The number of fused-ring (bicyclic) bond motifs is 1. The van der Waals surface area contributed by atoms with Crippen LogP contribution in [0.5, 0.6) is 11.5 Å². The van der Waals surface area contributed by atoms with Gasteiger partial charge in [-0.25, -0.2) is 4.79 Å². The molecule has 0 saturated heterocycles. The molecule has 0 aliphatic heterocycles. The van der Waals surface area contributed by atoms with Crippen LogP contribution < -0.4 is 9.47 Å². The molecule has 0 radical (unpaired) electrons. The van der Waals surface area contributed by atoms with Gasteiger partial charge in [0.1, 0.15) is 17.2 Å². The van der Waals surface area contributed by atoms with Gasteiger partial charge in [-0.05, 0) is 12.1 Å². The van der Waals surface area contributed by atoms with Crippen molar-refractivity contribution in [3.05, 3.63) is 23.9 Å². The minimum atomic E-state index is -0.380. The highest BCUT2D eigenvalue weighted by molar-refractivity contribution is 5.98. The van der Waals surface area contributed by atoms with Gasteiger partial charge in [0, 0.05) is 18.5 Å². The molecule has 0 bridgehead atoms. The van der Waals surface area contributed by atoms with Crippen LogP contribution in [-0.2, 0) is 11.8 Å². The average Bonchev–Trinajstić information content (AvgIpc) is 2.74. The Labute approximate surface area is 105 Å². The Kier molecular flexibility index (Phi) is 3.14. The maximum atomic E-state index is 11.6. The number of hydrogen-bond donors (Lipinski definition) is 0. The van der Waals surface area contributed by atoms with E-state index in [0.29, 0.717) is 17.2 Å². The number of methoxy groups -OCH3 is 3. The fraction of sp³-hybridized carbons (Fsp3) is 0.308. The summed E-state index contributed by atoms with van der Waals surface area (Å²) >= 11 is 0. The van der Waals surface area contributed by atoms with E-state index in [1.54, 1.807) is 38.0 Å². The molecule has 5 nitrogen and oxygen atoms in total. The number of carbonyl (C=O) groups is 1. The molecule has 96 valence electrons. The van der Waals surface area contributed by atoms with E-state index in [0.717, 1.165) is 10.9 Å². The molecule has 0 atom stereocenters. The number of aromatic nitrogens is 1. The summed E-state index contributed by atoms with van der Waals surface area (Å²) in [5.74, 6) is 0.957. The van der Waals surface area contributed by atoms with E-state index in [-0.39, 0.29) is 5.97 Å². The molecular weight excluding hydrogens is 234 g/mol. The third-order valence-corrected chi connectivity index (χ3v) is 2.92. The number of aryl methyl sites for hydroxylation is 1. The monoisotopic (exact) mass is 249 g/mol. The van der Waals surface area contributed by atoms with E-state index in [9.17, 15) is 4.79 Å². The number of rotatable bonds is 3. The van der Waals surface area contributed by atoms with E-state index >= 15 is 0 Å². The summed E-state index contributed by atoms with van der Waals surface area (Å²) in [5.41, 5.74) is 1.30. The molecule has 1 aromatic carbocycles. The summed E-state index contributed by atoms with van der Waals surface area (Å²) in [6.45, 7) is 0. The van der Waals surface area contributed by atoms with Gasteiger partial charge in [-0.1, -0.05) is 0 Å². The zero-order valence-electron chi connectivity index (χ0n) is 10.8. The summed E-state index contributed by atoms with van der Waals surface area (Å²) in [4.78, 5) is 11.6. The summed E-state index contributed by atoms with van der Waals surface area (Å²) in [6.07, 6.45) is 0. The van der Waals surface area contributed by atoms with Gasteiger partial charge < -0.3 is 18.8 Å². The van der Waals surface area contributed by atoms with Crippen molar-refractivity contribution in [1.29, 1.82) is 0 Å². The Hall–Kier alpha value is -2.17. The van der Waals surface area contributed by atoms with Crippen molar-refractivity contribution in [3.63, 3.8) is 0 Å². The van der Waals surface area contributed by atoms with Gasteiger partial charge >= 0.3 is 5.97 Å². The maximum absolute atomic E-state index is 11.6. The largest absolute Gasteiger partial charge is 0.497 e. The summed E-state index contributed by atoms with van der Waals surface area (Å²) in [5, 5.41) is 0.870. The molecule has 0 unspecified atom stereocenters. The van der Waals surface area contributed by atoms with Crippen LogP contribution >= 0.6 is 0 Å². The average molecular weight is 249 g/mol. The molecule has 0 fully saturated rings. The Bertz CT molecular complexity index is 601. The molecule has 2 rings (SSSR count). The van der Waals surface area contributed by atoms with Gasteiger partial charge in [-0.3, -0.25) is 0 Å². The van der Waals surface area contributed by atoms with Gasteiger partial charge in [0.15, 0.2) is 0 Å². The lowest BCUT2D eigenvalue weighted by Crippen LogP contribution is -2.07. The van der Waals surface area contributed by atoms with Crippen molar-refractivity contribution in [1.82, 2.24) is 4.57 Å². The second-order valence-electron chi connectivity index (χ2n) is 3.85. The quantitative estimate of drug-likeness (QED) is 0.780. The van der Waals surface area contributed by atoms with E-state index in [1.807, 2.05) is 6.07 Å². The van der Waals surface area contributed by atoms with E-state index in [1.165, 1.54) is 7.11 Å². The van der Waals surface area contributed by atoms with Crippen molar-refractivity contribution in [3.8, 4) is 11.5 Å². The molecule has 0 N–H and O–H groups in total. The Morgan fingerprint density at radius 1 is 1.11 bits per heavy atom. The molecule has 2 aromatic rings. The Balaban J connectivity index is 2.74. The van der Waals surface area contributed by atoms with Crippen molar-refractivity contribution in [2.75, 3.05) is 21.3 Å². The highest BCUT2D eigenvalue weighted by atomic mass is 16.5. The molecule has 0 spiro atoms. The fourth-order valence-electron chi connectivity index (χ4n) is 2.01. The maximum Gasteiger partial charge on any atom is 0.354 e. The molecule has 0 aliphatic rings. The van der Waals surface area contributed by atoms with Gasteiger partial charge in [-0.2, -0.15) is 0 Å². The second kappa shape index (κ2) is 4.60. The first-order chi connectivity index (χ1) is 8.62. The molecule has 18 heavy (non-hydrogen) atoms. The van der Waals surface area contributed by atoms with Crippen molar-refractivity contribution in [2.45, 2.75) is 0 Å². The van der Waals surface area contributed by atoms with Crippen LogP contribution in [0.15, 0.2) is 18.2 Å². The predicted molar refractivity (Wildman–Crippen MR) is 67.4 cm³/mol. The van der Waals surface area contributed by atoms with Crippen LogP contribution in [0.25, 0.3) is 10.9 Å². The third-order valence-electron chi connectivity index (χ3n) is 2.92. The predicted octanol–water partition coefficient (Wildman–Crippen LogP) is 1.98. The Morgan fingerprint density at radius 2 is 1.83 bits per heavy atom. The topological polar surface area (TPSA) is 49.7 Å². The van der Waals surface area contributed by atoms with Crippen LogP contribution in [0.4, 0.5) is 0 Å². The van der Waals surface area contributed by atoms with Crippen LogP contribution in [0, 0.1) is 0 Å². The van der Waals surface area contributed by atoms with E-state index < -0.39 is 0 Å². The van der Waals surface area contributed by atoms with Gasteiger partial charge in [0.2, 0.25) is 0 Å². The number of carbonyl (C=O) groups excluding carboxylic acids is 1. The number of nitrogens with zero attached hydrogens (tertiary/aromatic N) is 1. The zero-order chi connectivity index (χ0) is 13.3. The van der Waals surface area contributed by atoms with Crippen molar-refractivity contribution >= 4 is 16.9 Å². The lowest BCUT2D eigenvalue weighted by atomic mass is 10.2. The van der Waals surface area contributed by atoms with Gasteiger partial charge in [-0.15, -0.1) is 0 Å². The molecule has 0 saturated carbocycles. The van der Waals surface area contributed by atoms with E-state index in [2.05, 4.69) is 0 Å². The number of ether oxygens (including phenoxy) is 3. The summed E-state index contributed by atoms with van der Waals surface area (Å²) in [6, 6.07) is 5.39. The highest BCUT2D eigenvalue weighted by Gasteiger charge is 2.17. The standard InChI is InChI=1S/C13H15NO4/c1-14-10(13(15)18-4)6-8-5-9(16-2)7-11(17-3)12(8)14/h5-7H,1-4H3. The van der Waals surface area contributed by atoms with Crippen LogP contribution in [-0.4, -0.2) is 31.9 Å². The van der Waals surface area contributed by atoms with Gasteiger partial charge in [0.25, 0.3) is 0 Å². The zero-order valence-corrected chi connectivity index (χ0v) is 10.8. The minimum Gasteiger partial charge on any atom is -0.497 e. The molecule has 1 aromatic heterocycles. The first-order valence-corrected chi connectivity index (χ1v) is 5.42.